The highest BCUT2D eigenvalue weighted by Crippen LogP contribution is 2.27. The van der Waals surface area contributed by atoms with Crippen LogP contribution in [0.4, 0.5) is 0 Å². The fourth-order valence-electron chi connectivity index (χ4n) is 2.13. The molecule has 1 aliphatic carbocycles. The molecule has 0 unspecified atom stereocenters. The third-order valence-electron chi connectivity index (χ3n) is 3.38. The quantitative estimate of drug-likeness (QED) is 0.756. The van der Waals surface area contributed by atoms with Crippen molar-refractivity contribution in [3.8, 4) is 0 Å². The Kier molecular flexibility index (Phi) is 4.94. The number of nitrogens with zero attached hydrogens (tertiary/aromatic N) is 1. The molecule has 5 nitrogen and oxygen atoms in total. The molecule has 17 heavy (non-hydrogen) atoms. The Morgan fingerprint density at radius 1 is 1.41 bits per heavy atom. The van der Waals surface area contributed by atoms with Crippen LogP contribution in [0.2, 0.25) is 0 Å². The number of hydrogen-bond donors (Lipinski definition) is 1. The number of nitrogens with two attached hydrogens (primary N) is 1. The van der Waals surface area contributed by atoms with E-state index in [2.05, 4.69) is 0 Å². The van der Waals surface area contributed by atoms with Crippen LogP contribution in [0.1, 0.15) is 25.7 Å². The molecule has 1 rings (SSSR count). The second-order valence-electron chi connectivity index (χ2n) is 5.00. The van der Waals surface area contributed by atoms with E-state index >= 15 is 0 Å². The van der Waals surface area contributed by atoms with Crippen molar-refractivity contribution in [2.45, 2.75) is 31.7 Å². The van der Waals surface area contributed by atoms with Crippen LogP contribution >= 0.6 is 0 Å². The van der Waals surface area contributed by atoms with Gasteiger partial charge >= 0.3 is 0 Å². The van der Waals surface area contributed by atoms with Gasteiger partial charge in [0.05, 0.1) is 5.75 Å². The summed E-state index contributed by atoms with van der Waals surface area (Å²) in [5.41, 5.74) is 5.90. The largest absolute Gasteiger partial charge is 0.345 e. The van der Waals surface area contributed by atoms with E-state index < -0.39 is 9.84 Å². The van der Waals surface area contributed by atoms with Gasteiger partial charge in [0.2, 0.25) is 5.91 Å². The molecule has 0 aromatic rings. The van der Waals surface area contributed by atoms with Crippen molar-refractivity contribution in [3.05, 3.63) is 0 Å². The van der Waals surface area contributed by atoms with E-state index in [1.165, 1.54) is 11.2 Å². The molecule has 0 aromatic carbocycles. The van der Waals surface area contributed by atoms with E-state index in [-0.39, 0.29) is 30.2 Å². The van der Waals surface area contributed by atoms with Gasteiger partial charge in [-0.1, -0.05) is 6.42 Å². The average molecular weight is 262 g/mol. The van der Waals surface area contributed by atoms with Crippen molar-refractivity contribution in [1.29, 1.82) is 0 Å². The monoisotopic (exact) mass is 262 g/mol. The molecule has 0 aromatic heterocycles. The van der Waals surface area contributed by atoms with Crippen molar-refractivity contribution in [2.24, 2.45) is 11.7 Å². The Balaban J connectivity index is 2.36. The second kappa shape index (κ2) is 5.82. The molecule has 0 bridgehead atoms. The number of amides is 1. The van der Waals surface area contributed by atoms with E-state index in [0.717, 1.165) is 19.3 Å². The van der Waals surface area contributed by atoms with Crippen molar-refractivity contribution in [3.63, 3.8) is 0 Å². The van der Waals surface area contributed by atoms with Gasteiger partial charge in [-0.2, -0.15) is 0 Å². The van der Waals surface area contributed by atoms with Crippen LogP contribution in [0.25, 0.3) is 0 Å². The molecule has 6 heteroatoms. The Bertz CT molecular complexity index is 367. The lowest BCUT2D eigenvalue weighted by atomic mass is 9.99. The van der Waals surface area contributed by atoms with Crippen molar-refractivity contribution in [1.82, 2.24) is 4.90 Å². The zero-order valence-electron chi connectivity index (χ0n) is 10.6. The van der Waals surface area contributed by atoms with Crippen LogP contribution in [-0.4, -0.2) is 50.9 Å². The van der Waals surface area contributed by atoms with Crippen molar-refractivity contribution >= 4 is 15.7 Å². The Labute approximate surface area is 103 Å². The second-order valence-corrected chi connectivity index (χ2v) is 7.26. The zero-order chi connectivity index (χ0) is 13.1. The van der Waals surface area contributed by atoms with Crippen molar-refractivity contribution < 1.29 is 13.2 Å². The minimum atomic E-state index is -3.01. The number of carbonyl (C=O) groups is 1. The number of hydrogen-bond acceptors (Lipinski definition) is 4. The molecular weight excluding hydrogens is 240 g/mol. The summed E-state index contributed by atoms with van der Waals surface area (Å²) in [6.45, 7) is 0.264. The smallest absolute Gasteiger partial charge is 0.222 e. The molecule has 0 aliphatic heterocycles. The molecule has 0 radical (unpaired) electrons. The zero-order valence-corrected chi connectivity index (χ0v) is 11.4. The molecule has 1 fully saturated rings. The molecule has 2 atom stereocenters. The predicted molar refractivity (Wildman–Crippen MR) is 67.3 cm³/mol. The molecule has 0 saturated heterocycles. The number of rotatable bonds is 5. The average Bonchev–Trinajstić information content (AvgIpc) is 2.59. The van der Waals surface area contributed by atoms with Gasteiger partial charge in [0.15, 0.2) is 0 Å². The van der Waals surface area contributed by atoms with E-state index in [4.69, 9.17) is 5.73 Å². The van der Waals surface area contributed by atoms with E-state index in [1.807, 2.05) is 0 Å². The Morgan fingerprint density at radius 3 is 2.53 bits per heavy atom. The molecule has 1 saturated carbocycles. The third kappa shape index (κ3) is 5.04. The van der Waals surface area contributed by atoms with Gasteiger partial charge in [-0.25, -0.2) is 8.42 Å². The Hall–Kier alpha value is -0.620. The van der Waals surface area contributed by atoms with Crippen molar-refractivity contribution in [2.75, 3.05) is 25.6 Å². The summed E-state index contributed by atoms with van der Waals surface area (Å²) >= 11 is 0. The van der Waals surface area contributed by atoms with E-state index in [0.29, 0.717) is 6.42 Å². The molecule has 1 amide bonds. The van der Waals surface area contributed by atoms with Gasteiger partial charge in [-0.15, -0.1) is 0 Å². The Morgan fingerprint density at radius 2 is 2.06 bits per heavy atom. The first-order chi connectivity index (χ1) is 7.79. The highest BCUT2D eigenvalue weighted by atomic mass is 32.2. The summed E-state index contributed by atoms with van der Waals surface area (Å²) < 4.78 is 22.0. The first-order valence-electron chi connectivity index (χ1n) is 5.97. The topological polar surface area (TPSA) is 80.5 Å². The van der Waals surface area contributed by atoms with Gasteiger partial charge in [0.25, 0.3) is 0 Å². The highest BCUT2D eigenvalue weighted by Gasteiger charge is 2.27. The summed E-state index contributed by atoms with van der Waals surface area (Å²) in [5, 5.41) is 0. The molecule has 2 N–H and O–H groups in total. The lowest BCUT2D eigenvalue weighted by Gasteiger charge is -2.20. The highest BCUT2D eigenvalue weighted by molar-refractivity contribution is 7.90. The summed E-state index contributed by atoms with van der Waals surface area (Å²) in [5.74, 6) is 0.283. The van der Waals surface area contributed by atoms with Crippen LogP contribution in [-0.2, 0) is 14.6 Å². The third-order valence-corrected chi connectivity index (χ3v) is 4.30. The summed E-state index contributed by atoms with van der Waals surface area (Å²) in [6, 6.07) is 0.127. The van der Waals surface area contributed by atoms with E-state index in [1.54, 1.807) is 7.05 Å². The van der Waals surface area contributed by atoms with Crippen LogP contribution in [0.3, 0.4) is 0 Å². The fraction of sp³-hybridized carbons (Fsp3) is 0.909. The first kappa shape index (κ1) is 14.4. The fourth-order valence-corrected chi connectivity index (χ4v) is 2.73. The minimum Gasteiger partial charge on any atom is -0.345 e. The minimum absolute atomic E-state index is 0.00370. The van der Waals surface area contributed by atoms with Gasteiger partial charge < -0.3 is 10.6 Å². The molecule has 0 heterocycles. The van der Waals surface area contributed by atoms with Gasteiger partial charge in [0.1, 0.15) is 9.84 Å². The van der Waals surface area contributed by atoms with Gasteiger partial charge in [0, 0.05) is 32.3 Å². The predicted octanol–water partition coefficient (Wildman–Crippen LogP) is 0.00690. The number of carbonyl (C=O) groups excluding carboxylic acids is 1. The van der Waals surface area contributed by atoms with Crippen LogP contribution in [0.5, 0.6) is 0 Å². The summed E-state index contributed by atoms with van der Waals surface area (Å²) in [6.07, 6.45) is 4.71. The van der Waals surface area contributed by atoms with Gasteiger partial charge in [-0.3, -0.25) is 4.79 Å². The molecule has 100 valence electrons. The number of sulfone groups is 1. The lowest BCUT2D eigenvalue weighted by Crippen LogP contribution is -2.35. The standard InChI is InChI=1S/C11H22N2O3S/c1-13(6-7-17(2,15)16)11(14)8-9-4-3-5-10(9)12/h9-10H,3-8,12H2,1-2H3/t9-,10+/m0/s1. The first-order valence-corrected chi connectivity index (χ1v) is 8.03. The SMILES string of the molecule is CN(CCS(C)(=O)=O)C(=O)C[C@@H]1CCC[C@H]1N. The van der Waals surface area contributed by atoms with Crippen LogP contribution in [0.15, 0.2) is 0 Å². The normalized spacial score (nSPS) is 24.9. The van der Waals surface area contributed by atoms with Crippen LogP contribution in [0, 0.1) is 5.92 Å². The molecule has 0 spiro atoms. The maximum absolute atomic E-state index is 11.8. The lowest BCUT2D eigenvalue weighted by molar-refractivity contribution is -0.130. The summed E-state index contributed by atoms with van der Waals surface area (Å²) in [7, 11) is -1.36. The van der Waals surface area contributed by atoms with Gasteiger partial charge in [-0.05, 0) is 18.8 Å². The maximum atomic E-state index is 11.8. The molecule has 1 aliphatic rings. The van der Waals surface area contributed by atoms with E-state index in [9.17, 15) is 13.2 Å². The maximum Gasteiger partial charge on any atom is 0.222 e. The summed E-state index contributed by atoms with van der Waals surface area (Å²) in [4.78, 5) is 13.3. The van der Waals surface area contributed by atoms with Crippen LogP contribution < -0.4 is 5.73 Å². The molecular formula is C11H22N2O3S.